The number of hydrogen-bond acceptors (Lipinski definition) is 3. The lowest BCUT2D eigenvalue weighted by molar-refractivity contribution is -0.120. The van der Waals surface area contributed by atoms with Crippen LogP contribution in [0.25, 0.3) is 0 Å². The molecule has 0 radical (unpaired) electrons. The molecule has 0 aliphatic rings. The molecule has 0 bridgehead atoms. The molecule has 1 atom stereocenters. The van der Waals surface area contributed by atoms with Crippen LogP contribution in [0.3, 0.4) is 0 Å². The topological polar surface area (TPSA) is 67.2 Å². The second-order valence-electron chi connectivity index (χ2n) is 6.20. The van der Waals surface area contributed by atoms with Gasteiger partial charge in [0, 0.05) is 25.0 Å². The molecule has 25 heavy (non-hydrogen) atoms. The van der Waals surface area contributed by atoms with Gasteiger partial charge in [0.25, 0.3) is 5.91 Å². The number of nitrogens with zero attached hydrogens (tertiary/aromatic N) is 3. The van der Waals surface area contributed by atoms with Crippen molar-refractivity contribution in [1.29, 1.82) is 0 Å². The summed E-state index contributed by atoms with van der Waals surface area (Å²) in [6.07, 6.45) is 0.771. The summed E-state index contributed by atoms with van der Waals surface area (Å²) < 4.78 is 1.70. The summed E-state index contributed by atoms with van der Waals surface area (Å²) in [6, 6.07) is 8.68. The first-order valence-corrected chi connectivity index (χ1v) is 8.53. The van der Waals surface area contributed by atoms with E-state index in [1.54, 1.807) is 16.5 Å². The number of aromatic nitrogens is 2. The first-order valence-electron chi connectivity index (χ1n) is 8.53. The van der Waals surface area contributed by atoms with E-state index in [4.69, 9.17) is 0 Å². The van der Waals surface area contributed by atoms with E-state index in [1.165, 1.54) is 0 Å². The van der Waals surface area contributed by atoms with E-state index >= 15 is 0 Å². The normalized spacial score (nSPS) is 11.9. The highest BCUT2D eigenvalue weighted by Crippen LogP contribution is 2.18. The molecule has 0 spiro atoms. The lowest BCUT2D eigenvalue weighted by Gasteiger charge is -2.28. The molecule has 0 unspecified atom stereocenters. The summed E-state index contributed by atoms with van der Waals surface area (Å²) in [7, 11) is 1.81. The van der Waals surface area contributed by atoms with Crippen molar-refractivity contribution in [2.45, 2.75) is 40.2 Å². The molecule has 134 valence electrons. The summed E-state index contributed by atoms with van der Waals surface area (Å²) in [5, 5.41) is 7.18. The zero-order valence-corrected chi connectivity index (χ0v) is 15.5. The Balaban J connectivity index is 2.24. The van der Waals surface area contributed by atoms with Crippen LogP contribution in [-0.2, 0) is 11.8 Å². The predicted molar refractivity (Wildman–Crippen MR) is 98.5 cm³/mol. The summed E-state index contributed by atoms with van der Waals surface area (Å²) in [4.78, 5) is 27.3. The van der Waals surface area contributed by atoms with Crippen molar-refractivity contribution in [3.8, 4) is 0 Å². The highest BCUT2D eigenvalue weighted by molar-refractivity contribution is 6.02. The average molecular weight is 342 g/mol. The van der Waals surface area contributed by atoms with Crippen LogP contribution in [-0.4, -0.2) is 39.1 Å². The van der Waals surface area contributed by atoms with Crippen LogP contribution in [0.2, 0.25) is 0 Å². The van der Waals surface area contributed by atoms with Crippen LogP contribution in [0.4, 0.5) is 5.69 Å². The molecule has 1 aromatic carbocycles. The minimum atomic E-state index is -0.577. The molecule has 2 rings (SSSR count). The number of amides is 2. The van der Waals surface area contributed by atoms with Gasteiger partial charge in [0.15, 0.2) is 0 Å². The number of benzene rings is 1. The van der Waals surface area contributed by atoms with Crippen molar-refractivity contribution in [3.63, 3.8) is 0 Å². The van der Waals surface area contributed by atoms with Crippen molar-refractivity contribution < 1.29 is 9.59 Å². The van der Waals surface area contributed by atoms with Gasteiger partial charge in [0.1, 0.15) is 6.04 Å². The molecule has 0 saturated carbocycles. The molecule has 1 aromatic heterocycles. The summed E-state index contributed by atoms with van der Waals surface area (Å²) in [5.74, 6) is -0.354. The molecule has 0 fully saturated rings. The van der Waals surface area contributed by atoms with E-state index in [0.717, 1.165) is 17.8 Å². The molecule has 0 aliphatic heterocycles. The van der Waals surface area contributed by atoms with Gasteiger partial charge in [0.05, 0.1) is 11.3 Å². The number of para-hydroxylation sites is 1. The molecule has 2 amide bonds. The number of hydrogen-bond donors (Lipinski definition) is 1. The number of carbonyl (C=O) groups is 2. The van der Waals surface area contributed by atoms with Crippen LogP contribution in [0.15, 0.2) is 30.3 Å². The fraction of sp³-hybridized carbons (Fsp3) is 0.421. The number of aryl methyl sites for hydroxylation is 2. The third-order valence-corrected chi connectivity index (χ3v) is 4.34. The summed E-state index contributed by atoms with van der Waals surface area (Å²) in [6.45, 7) is 7.94. The SMILES string of the molecule is CCCN(C(=O)c1c(C)nn(C)c1C)[C@@H](C)C(=O)Nc1ccccc1. The molecular formula is C19H26N4O2. The van der Waals surface area contributed by atoms with Gasteiger partial charge in [-0.15, -0.1) is 0 Å². The van der Waals surface area contributed by atoms with E-state index in [-0.39, 0.29) is 11.8 Å². The van der Waals surface area contributed by atoms with E-state index in [9.17, 15) is 9.59 Å². The summed E-state index contributed by atoms with van der Waals surface area (Å²) >= 11 is 0. The monoisotopic (exact) mass is 342 g/mol. The van der Waals surface area contributed by atoms with Crippen molar-refractivity contribution in [1.82, 2.24) is 14.7 Å². The largest absolute Gasteiger partial charge is 0.327 e. The zero-order valence-electron chi connectivity index (χ0n) is 15.5. The van der Waals surface area contributed by atoms with Crippen molar-refractivity contribution in [2.24, 2.45) is 7.05 Å². The van der Waals surface area contributed by atoms with Gasteiger partial charge in [-0.05, 0) is 39.3 Å². The molecular weight excluding hydrogens is 316 g/mol. The first-order chi connectivity index (χ1) is 11.9. The lowest BCUT2D eigenvalue weighted by Crippen LogP contribution is -2.46. The number of nitrogens with one attached hydrogen (secondary N) is 1. The molecule has 1 N–H and O–H groups in total. The van der Waals surface area contributed by atoms with Gasteiger partial charge >= 0.3 is 0 Å². The molecule has 6 nitrogen and oxygen atoms in total. The van der Waals surface area contributed by atoms with Crippen LogP contribution < -0.4 is 5.32 Å². The van der Waals surface area contributed by atoms with E-state index in [2.05, 4.69) is 10.4 Å². The van der Waals surface area contributed by atoms with Crippen LogP contribution >= 0.6 is 0 Å². The van der Waals surface area contributed by atoms with Crippen molar-refractivity contribution in [3.05, 3.63) is 47.3 Å². The van der Waals surface area contributed by atoms with Gasteiger partial charge < -0.3 is 10.2 Å². The van der Waals surface area contributed by atoms with Gasteiger partial charge in [-0.1, -0.05) is 25.1 Å². The highest BCUT2D eigenvalue weighted by Gasteiger charge is 2.29. The zero-order chi connectivity index (χ0) is 18.6. The highest BCUT2D eigenvalue weighted by atomic mass is 16.2. The maximum Gasteiger partial charge on any atom is 0.258 e. The molecule has 2 aromatic rings. The Labute approximate surface area is 148 Å². The Morgan fingerprint density at radius 1 is 1.24 bits per heavy atom. The minimum absolute atomic E-state index is 0.152. The predicted octanol–water partition coefficient (Wildman–Crippen LogP) is 2.92. The second kappa shape index (κ2) is 7.96. The van der Waals surface area contributed by atoms with E-state index in [0.29, 0.717) is 17.8 Å². The van der Waals surface area contributed by atoms with Gasteiger partial charge in [-0.2, -0.15) is 5.10 Å². The molecule has 0 aliphatic carbocycles. The quantitative estimate of drug-likeness (QED) is 0.878. The van der Waals surface area contributed by atoms with Crippen molar-refractivity contribution >= 4 is 17.5 Å². The van der Waals surface area contributed by atoms with Crippen LogP contribution in [0.5, 0.6) is 0 Å². The lowest BCUT2D eigenvalue weighted by atomic mass is 10.1. The Kier molecular flexibility index (Phi) is 5.96. The Morgan fingerprint density at radius 2 is 1.88 bits per heavy atom. The fourth-order valence-corrected chi connectivity index (χ4v) is 2.85. The Morgan fingerprint density at radius 3 is 2.40 bits per heavy atom. The minimum Gasteiger partial charge on any atom is -0.327 e. The van der Waals surface area contributed by atoms with Gasteiger partial charge in [0.2, 0.25) is 5.91 Å². The summed E-state index contributed by atoms with van der Waals surface area (Å²) in [5.41, 5.74) is 2.79. The smallest absolute Gasteiger partial charge is 0.258 e. The third-order valence-electron chi connectivity index (χ3n) is 4.34. The molecule has 1 heterocycles. The van der Waals surface area contributed by atoms with Crippen molar-refractivity contribution in [2.75, 3.05) is 11.9 Å². The standard InChI is InChI=1S/C19H26N4O2/c1-6-12-23(19(25)17-13(2)21-22(5)14(17)3)15(4)18(24)20-16-10-8-7-9-11-16/h7-11,15H,6,12H2,1-5H3,(H,20,24)/t15-/m0/s1. The maximum atomic E-state index is 13.1. The average Bonchev–Trinajstić information content (AvgIpc) is 2.84. The number of carbonyl (C=O) groups excluding carboxylic acids is 2. The van der Waals surface area contributed by atoms with Gasteiger partial charge in [-0.3, -0.25) is 14.3 Å². The number of rotatable bonds is 6. The van der Waals surface area contributed by atoms with Crippen LogP contribution in [0.1, 0.15) is 42.0 Å². The Bertz CT molecular complexity index is 752. The first kappa shape index (κ1) is 18.7. The second-order valence-corrected chi connectivity index (χ2v) is 6.20. The fourth-order valence-electron chi connectivity index (χ4n) is 2.85. The Hall–Kier alpha value is -2.63. The maximum absolute atomic E-state index is 13.1. The van der Waals surface area contributed by atoms with E-state index in [1.807, 2.05) is 58.2 Å². The molecule has 0 saturated heterocycles. The third kappa shape index (κ3) is 4.07. The number of anilines is 1. The molecule has 6 heteroatoms. The van der Waals surface area contributed by atoms with E-state index < -0.39 is 6.04 Å². The van der Waals surface area contributed by atoms with Crippen LogP contribution in [0, 0.1) is 13.8 Å². The van der Waals surface area contributed by atoms with Gasteiger partial charge in [-0.25, -0.2) is 0 Å².